The lowest BCUT2D eigenvalue weighted by Gasteiger charge is -2.36. The van der Waals surface area contributed by atoms with Gasteiger partial charge in [-0.05, 0) is 43.6 Å². The Hall–Kier alpha value is -2.72. The molecule has 168 valence electrons. The molecule has 0 aromatic carbocycles. The highest BCUT2D eigenvalue weighted by Crippen LogP contribution is 2.29. The van der Waals surface area contributed by atoms with Gasteiger partial charge in [-0.1, -0.05) is 5.16 Å². The predicted octanol–water partition coefficient (Wildman–Crippen LogP) is 2.71. The summed E-state index contributed by atoms with van der Waals surface area (Å²) in [5, 5.41) is 11.3. The average molecular weight is 449 g/mol. The number of hydrogen-bond acceptors (Lipinski definition) is 6. The Morgan fingerprint density at radius 3 is 2.32 bits per heavy atom. The Labute approximate surface area is 186 Å². The van der Waals surface area contributed by atoms with Gasteiger partial charge >= 0.3 is 0 Å². The van der Waals surface area contributed by atoms with E-state index in [1.165, 1.54) is 22.5 Å². The van der Waals surface area contributed by atoms with Crippen LogP contribution in [0.25, 0.3) is 0 Å². The second kappa shape index (κ2) is 10.1. The van der Waals surface area contributed by atoms with Crippen molar-refractivity contribution < 1.29 is 23.4 Å². The van der Waals surface area contributed by atoms with E-state index in [0.717, 1.165) is 44.3 Å². The first-order valence-corrected chi connectivity index (χ1v) is 11.3. The normalized spacial score (nSPS) is 15.7. The lowest BCUT2D eigenvalue weighted by molar-refractivity contribution is -0.912. The monoisotopic (exact) mass is 448 g/mol. The molecule has 0 radical (unpaired) electrons. The number of nitrogens with zero attached hydrogens (tertiary/aromatic N) is 3. The van der Waals surface area contributed by atoms with Crippen LogP contribution in [0.1, 0.15) is 40.9 Å². The van der Waals surface area contributed by atoms with Crippen LogP contribution in [-0.4, -0.2) is 72.5 Å². The van der Waals surface area contributed by atoms with Crippen LogP contribution in [0.2, 0.25) is 0 Å². The summed E-state index contributed by atoms with van der Waals surface area (Å²) in [4.78, 5) is 40.2. The summed E-state index contributed by atoms with van der Waals surface area (Å²) in [6, 6.07) is 1.58. The number of rotatable bonds is 7. The van der Waals surface area contributed by atoms with Gasteiger partial charge < -0.3 is 24.5 Å². The number of carbonyl (C=O) groups excluding carboxylic acids is 3. The number of amides is 3. The van der Waals surface area contributed by atoms with E-state index in [-0.39, 0.29) is 30.8 Å². The van der Waals surface area contributed by atoms with Crippen molar-refractivity contribution in [3.63, 3.8) is 0 Å². The third-order valence-electron chi connectivity index (χ3n) is 5.52. The highest BCUT2D eigenvalue weighted by atomic mass is 32.1. The second-order valence-corrected chi connectivity index (χ2v) is 9.20. The molecule has 10 heteroatoms. The van der Waals surface area contributed by atoms with Crippen molar-refractivity contribution in [2.45, 2.75) is 32.6 Å². The number of likely N-dealkylation sites (tertiary alicyclic amines) is 1. The molecule has 31 heavy (non-hydrogen) atoms. The summed E-state index contributed by atoms with van der Waals surface area (Å²) in [6.45, 7) is 3.75. The topological polar surface area (TPSA) is 105 Å². The molecule has 2 aromatic heterocycles. The molecule has 0 aliphatic carbocycles. The molecule has 3 heterocycles. The average Bonchev–Trinajstić information content (AvgIpc) is 3.27. The molecule has 3 amide bonds. The SMILES string of the molecule is Cc1csc(C(=O)N(C)C)c1NC(=O)C[N+]1(CC(=O)Nc2ccon2)CCCCCC1. The fraction of sp³-hybridized carbons (Fsp3) is 0.524. The van der Waals surface area contributed by atoms with Crippen LogP contribution < -0.4 is 10.6 Å². The quantitative estimate of drug-likeness (QED) is 0.634. The molecule has 9 nitrogen and oxygen atoms in total. The molecule has 1 fully saturated rings. The highest BCUT2D eigenvalue weighted by molar-refractivity contribution is 7.13. The number of nitrogens with one attached hydrogen (secondary N) is 2. The minimum atomic E-state index is -0.196. The van der Waals surface area contributed by atoms with Gasteiger partial charge in [0.1, 0.15) is 11.1 Å². The van der Waals surface area contributed by atoms with Crippen LogP contribution in [0, 0.1) is 6.92 Å². The van der Waals surface area contributed by atoms with Gasteiger partial charge in [-0.3, -0.25) is 14.4 Å². The fourth-order valence-electron chi connectivity index (χ4n) is 3.94. The first-order chi connectivity index (χ1) is 14.8. The van der Waals surface area contributed by atoms with Crippen LogP contribution >= 0.6 is 11.3 Å². The summed E-state index contributed by atoms with van der Waals surface area (Å²) in [6.07, 6.45) is 5.52. The van der Waals surface area contributed by atoms with Crippen molar-refractivity contribution in [3.05, 3.63) is 28.2 Å². The van der Waals surface area contributed by atoms with Gasteiger partial charge in [-0.25, -0.2) is 0 Å². The molecule has 3 rings (SSSR count). The number of quaternary nitrogens is 1. The maximum Gasteiger partial charge on any atom is 0.280 e. The van der Waals surface area contributed by atoms with Crippen molar-refractivity contribution in [3.8, 4) is 0 Å². The van der Waals surface area contributed by atoms with Gasteiger partial charge in [0.15, 0.2) is 18.9 Å². The first kappa shape index (κ1) is 23.0. The van der Waals surface area contributed by atoms with Gasteiger partial charge in [0.25, 0.3) is 17.7 Å². The zero-order chi connectivity index (χ0) is 22.4. The Morgan fingerprint density at radius 1 is 1.10 bits per heavy atom. The number of aryl methyl sites for hydroxylation is 1. The van der Waals surface area contributed by atoms with E-state index in [1.54, 1.807) is 20.2 Å². The van der Waals surface area contributed by atoms with E-state index in [1.807, 2.05) is 12.3 Å². The van der Waals surface area contributed by atoms with Crippen LogP contribution in [0.4, 0.5) is 11.5 Å². The van der Waals surface area contributed by atoms with E-state index in [9.17, 15) is 14.4 Å². The van der Waals surface area contributed by atoms with Gasteiger partial charge in [0.05, 0.1) is 18.8 Å². The zero-order valence-corrected chi connectivity index (χ0v) is 19.1. The van der Waals surface area contributed by atoms with Gasteiger partial charge in [0.2, 0.25) is 0 Å². The molecule has 2 N–H and O–H groups in total. The van der Waals surface area contributed by atoms with Crippen LogP contribution in [-0.2, 0) is 9.59 Å². The minimum Gasteiger partial charge on any atom is -0.363 e. The highest BCUT2D eigenvalue weighted by Gasteiger charge is 2.35. The van der Waals surface area contributed by atoms with E-state index in [2.05, 4.69) is 15.8 Å². The standard InChI is InChI=1S/C21H29N5O4S/c1-15-14-31-20(21(29)25(2)3)19(15)23-18(28)13-26(9-6-4-5-7-10-26)12-17(27)22-16-8-11-30-24-16/h8,11,14H,4-7,9-10,12-13H2,1-3H3,(H-,22,23,24,27,28,29)/p+1. The lowest BCUT2D eigenvalue weighted by atomic mass is 10.2. The number of aromatic nitrogens is 1. The second-order valence-electron chi connectivity index (χ2n) is 8.32. The number of carbonyl (C=O) groups is 3. The van der Waals surface area contributed by atoms with E-state index in [4.69, 9.17) is 4.52 Å². The number of thiophene rings is 1. The van der Waals surface area contributed by atoms with Crippen molar-refractivity contribution in [2.75, 3.05) is 50.9 Å². The fourth-order valence-corrected chi connectivity index (χ4v) is 4.97. The van der Waals surface area contributed by atoms with E-state index < -0.39 is 0 Å². The molecule has 1 aliphatic heterocycles. The van der Waals surface area contributed by atoms with Crippen LogP contribution in [0.5, 0.6) is 0 Å². The summed E-state index contributed by atoms with van der Waals surface area (Å²) in [5.41, 5.74) is 1.42. The third kappa shape index (κ3) is 5.92. The van der Waals surface area contributed by atoms with Crippen molar-refractivity contribution in [1.82, 2.24) is 10.1 Å². The molecule has 0 bridgehead atoms. The molecular weight excluding hydrogens is 418 g/mol. The Bertz CT molecular complexity index is 914. The largest absolute Gasteiger partial charge is 0.363 e. The van der Waals surface area contributed by atoms with Crippen molar-refractivity contribution >= 4 is 40.6 Å². The summed E-state index contributed by atoms with van der Waals surface area (Å²) < 4.78 is 5.15. The molecular formula is C21H30N5O4S+. The van der Waals surface area contributed by atoms with Crippen LogP contribution in [0.3, 0.4) is 0 Å². The predicted molar refractivity (Wildman–Crippen MR) is 119 cm³/mol. The number of hydrogen-bond donors (Lipinski definition) is 2. The van der Waals surface area contributed by atoms with E-state index >= 15 is 0 Å². The summed E-state index contributed by atoms with van der Waals surface area (Å²) in [7, 11) is 3.38. The maximum atomic E-state index is 13.1. The van der Waals surface area contributed by atoms with Gasteiger partial charge in [-0.2, -0.15) is 0 Å². The Kier molecular flexibility index (Phi) is 7.45. The first-order valence-electron chi connectivity index (χ1n) is 10.4. The number of anilines is 2. The zero-order valence-electron chi connectivity index (χ0n) is 18.3. The summed E-state index contributed by atoms with van der Waals surface area (Å²) in [5.74, 6) is -0.161. The Morgan fingerprint density at radius 2 is 1.74 bits per heavy atom. The molecule has 2 aromatic rings. The molecule has 0 spiro atoms. The van der Waals surface area contributed by atoms with Gasteiger partial charge in [-0.15, -0.1) is 11.3 Å². The molecule has 0 saturated carbocycles. The molecule has 1 saturated heterocycles. The van der Waals surface area contributed by atoms with Crippen molar-refractivity contribution in [2.24, 2.45) is 0 Å². The smallest absolute Gasteiger partial charge is 0.280 e. The molecule has 0 unspecified atom stereocenters. The lowest BCUT2D eigenvalue weighted by Crippen LogP contribution is -2.56. The van der Waals surface area contributed by atoms with Gasteiger partial charge in [0, 0.05) is 20.2 Å². The van der Waals surface area contributed by atoms with E-state index in [0.29, 0.717) is 20.9 Å². The van der Waals surface area contributed by atoms with Crippen LogP contribution in [0.15, 0.2) is 22.2 Å². The molecule has 1 aliphatic rings. The summed E-state index contributed by atoms with van der Waals surface area (Å²) >= 11 is 1.32. The van der Waals surface area contributed by atoms with Crippen molar-refractivity contribution in [1.29, 1.82) is 0 Å². The molecule has 0 atom stereocenters. The third-order valence-corrected chi connectivity index (χ3v) is 6.60. The maximum absolute atomic E-state index is 13.1. The minimum absolute atomic E-state index is 0.140. The Balaban J connectivity index is 1.74.